The highest BCUT2D eigenvalue weighted by Crippen LogP contribution is 2.12. The van der Waals surface area contributed by atoms with Crippen molar-refractivity contribution in [2.75, 3.05) is 11.5 Å². The molecular formula is C9H11N3O3S2. The number of nitrogens with zero attached hydrogens (tertiary/aromatic N) is 1. The maximum atomic E-state index is 11.6. The van der Waals surface area contributed by atoms with Crippen molar-refractivity contribution in [3.8, 4) is 0 Å². The molecule has 2 heterocycles. The first-order valence-corrected chi connectivity index (χ1v) is 7.44. The zero-order chi connectivity index (χ0) is 12.5. The zero-order valence-electron chi connectivity index (χ0n) is 8.79. The third-order valence-electron chi connectivity index (χ3n) is 2.19. The molecule has 1 aliphatic rings. The number of carbonyl (C=O) groups is 1. The fourth-order valence-electron chi connectivity index (χ4n) is 1.49. The summed E-state index contributed by atoms with van der Waals surface area (Å²) in [6.45, 7) is 0. The van der Waals surface area contributed by atoms with E-state index in [0.717, 1.165) is 5.41 Å². The molecule has 8 heteroatoms. The van der Waals surface area contributed by atoms with Crippen LogP contribution in [0.5, 0.6) is 0 Å². The highest BCUT2D eigenvalue weighted by molar-refractivity contribution is 7.94. The molecule has 3 N–H and O–H groups in total. The number of nitrogens with two attached hydrogens (primary N) is 1. The number of hydrogen-bond donors (Lipinski definition) is 2. The van der Waals surface area contributed by atoms with E-state index in [1.54, 1.807) is 5.38 Å². The van der Waals surface area contributed by atoms with Crippen LogP contribution in [0.25, 0.3) is 0 Å². The molecule has 1 aromatic rings. The van der Waals surface area contributed by atoms with Crippen molar-refractivity contribution >= 4 is 32.2 Å². The van der Waals surface area contributed by atoms with Gasteiger partial charge in [0.2, 0.25) is 5.91 Å². The lowest BCUT2D eigenvalue weighted by molar-refractivity contribution is -0.120. The van der Waals surface area contributed by atoms with Gasteiger partial charge in [0.1, 0.15) is 0 Å². The van der Waals surface area contributed by atoms with Gasteiger partial charge in [-0.3, -0.25) is 4.79 Å². The molecule has 1 aromatic heterocycles. The molecule has 1 amide bonds. The average molecular weight is 273 g/mol. The minimum absolute atomic E-state index is 0.0715. The van der Waals surface area contributed by atoms with Crippen LogP contribution < -0.4 is 11.1 Å². The van der Waals surface area contributed by atoms with Crippen LogP contribution >= 0.6 is 11.3 Å². The van der Waals surface area contributed by atoms with Gasteiger partial charge in [0, 0.05) is 10.8 Å². The lowest BCUT2D eigenvalue weighted by Gasteiger charge is -2.08. The summed E-state index contributed by atoms with van der Waals surface area (Å²) in [6, 6.07) is -0.441. The molecule has 0 radical (unpaired) electrons. The van der Waals surface area contributed by atoms with Crippen LogP contribution in [0.15, 0.2) is 16.9 Å². The van der Waals surface area contributed by atoms with Gasteiger partial charge in [-0.15, -0.1) is 11.3 Å². The van der Waals surface area contributed by atoms with E-state index in [0.29, 0.717) is 10.8 Å². The normalized spacial score (nSPS) is 21.5. The fraction of sp³-hybridized carbons (Fsp3) is 0.333. The molecule has 2 rings (SSSR count). The summed E-state index contributed by atoms with van der Waals surface area (Å²) in [4.78, 5) is 15.5. The Morgan fingerprint density at radius 3 is 2.94 bits per heavy atom. The molecule has 0 spiro atoms. The summed E-state index contributed by atoms with van der Waals surface area (Å²) in [5, 5.41) is 5.85. The molecule has 92 valence electrons. The Labute approximate surface area is 102 Å². The van der Waals surface area contributed by atoms with Crippen LogP contribution in [0.4, 0.5) is 5.13 Å². The molecule has 17 heavy (non-hydrogen) atoms. The molecule has 0 fully saturated rings. The van der Waals surface area contributed by atoms with Crippen LogP contribution in [0.3, 0.4) is 0 Å². The molecule has 0 saturated heterocycles. The van der Waals surface area contributed by atoms with Crippen LogP contribution in [-0.2, 0) is 21.1 Å². The lowest BCUT2D eigenvalue weighted by Crippen LogP contribution is -2.36. The summed E-state index contributed by atoms with van der Waals surface area (Å²) in [5.41, 5.74) is 6.03. The SMILES string of the molecule is Nc1nc(CC(=O)NC2C=CS(=O)(=O)C2)cs1. The first kappa shape index (κ1) is 12.1. The third kappa shape index (κ3) is 3.27. The van der Waals surface area contributed by atoms with Gasteiger partial charge in [0.15, 0.2) is 15.0 Å². The maximum Gasteiger partial charge on any atom is 0.226 e. The minimum Gasteiger partial charge on any atom is -0.375 e. The number of anilines is 1. The number of carbonyl (C=O) groups excluding carboxylic acids is 1. The molecule has 0 bridgehead atoms. The van der Waals surface area contributed by atoms with Crippen molar-refractivity contribution in [2.45, 2.75) is 12.5 Å². The number of rotatable bonds is 3. The molecule has 1 unspecified atom stereocenters. The number of amides is 1. The second-order valence-corrected chi connectivity index (χ2v) is 6.51. The Morgan fingerprint density at radius 2 is 2.41 bits per heavy atom. The van der Waals surface area contributed by atoms with E-state index in [4.69, 9.17) is 5.73 Å². The summed E-state index contributed by atoms with van der Waals surface area (Å²) in [5.74, 6) is -0.333. The van der Waals surface area contributed by atoms with Gasteiger partial charge in [0.05, 0.1) is 23.9 Å². The summed E-state index contributed by atoms with van der Waals surface area (Å²) >= 11 is 1.27. The molecular weight excluding hydrogens is 262 g/mol. The number of nitrogens with one attached hydrogen (secondary N) is 1. The fourth-order valence-corrected chi connectivity index (χ4v) is 3.29. The zero-order valence-corrected chi connectivity index (χ0v) is 10.4. The number of hydrogen-bond acceptors (Lipinski definition) is 6. The van der Waals surface area contributed by atoms with Crippen molar-refractivity contribution < 1.29 is 13.2 Å². The predicted octanol–water partition coefficient (Wildman–Crippen LogP) is -0.305. The van der Waals surface area contributed by atoms with Crippen molar-refractivity contribution in [3.63, 3.8) is 0 Å². The monoisotopic (exact) mass is 273 g/mol. The van der Waals surface area contributed by atoms with Gasteiger partial charge >= 0.3 is 0 Å². The van der Waals surface area contributed by atoms with E-state index < -0.39 is 15.9 Å². The Balaban J connectivity index is 1.89. The van der Waals surface area contributed by atoms with Crippen molar-refractivity contribution in [1.82, 2.24) is 10.3 Å². The van der Waals surface area contributed by atoms with E-state index in [-0.39, 0.29) is 18.1 Å². The standard InChI is InChI=1S/C9H11N3O3S2/c10-9-12-7(4-16-9)3-8(13)11-6-1-2-17(14,15)5-6/h1-2,4,6H,3,5H2,(H2,10,12)(H,11,13). The first-order chi connectivity index (χ1) is 7.94. The summed E-state index contributed by atoms with van der Waals surface area (Å²) in [6.07, 6.45) is 1.58. The Morgan fingerprint density at radius 1 is 1.65 bits per heavy atom. The average Bonchev–Trinajstić information content (AvgIpc) is 2.73. The van der Waals surface area contributed by atoms with E-state index in [2.05, 4.69) is 10.3 Å². The van der Waals surface area contributed by atoms with Crippen LogP contribution in [0, 0.1) is 0 Å². The molecule has 0 aliphatic carbocycles. The maximum absolute atomic E-state index is 11.6. The Hall–Kier alpha value is -1.41. The summed E-state index contributed by atoms with van der Waals surface area (Å²) < 4.78 is 22.2. The van der Waals surface area contributed by atoms with Gasteiger partial charge in [-0.1, -0.05) is 0 Å². The van der Waals surface area contributed by atoms with Crippen LogP contribution in [0.2, 0.25) is 0 Å². The molecule has 1 atom stereocenters. The van der Waals surface area contributed by atoms with Gasteiger partial charge in [-0.2, -0.15) is 0 Å². The highest BCUT2D eigenvalue weighted by atomic mass is 32.2. The molecule has 1 aliphatic heterocycles. The second kappa shape index (κ2) is 4.46. The van der Waals surface area contributed by atoms with Gasteiger partial charge in [-0.05, 0) is 6.08 Å². The quantitative estimate of drug-likeness (QED) is 0.787. The minimum atomic E-state index is -3.14. The van der Waals surface area contributed by atoms with Crippen LogP contribution in [0.1, 0.15) is 5.69 Å². The second-order valence-electron chi connectivity index (χ2n) is 3.69. The number of thiazole rings is 1. The highest BCUT2D eigenvalue weighted by Gasteiger charge is 2.23. The topological polar surface area (TPSA) is 102 Å². The Kier molecular flexibility index (Phi) is 3.16. The van der Waals surface area contributed by atoms with Crippen LogP contribution in [-0.4, -0.2) is 31.1 Å². The van der Waals surface area contributed by atoms with Gasteiger partial charge < -0.3 is 11.1 Å². The van der Waals surface area contributed by atoms with Crippen molar-refractivity contribution in [2.24, 2.45) is 0 Å². The number of sulfone groups is 1. The van der Waals surface area contributed by atoms with Gasteiger partial charge in [-0.25, -0.2) is 13.4 Å². The van der Waals surface area contributed by atoms with Crippen molar-refractivity contribution in [3.05, 3.63) is 22.6 Å². The van der Waals surface area contributed by atoms with E-state index in [9.17, 15) is 13.2 Å². The van der Waals surface area contributed by atoms with Gasteiger partial charge in [0.25, 0.3) is 0 Å². The first-order valence-electron chi connectivity index (χ1n) is 4.85. The largest absolute Gasteiger partial charge is 0.375 e. The lowest BCUT2D eigenvalue weighted by atomic mass is 10.3. The predicted molar refractivity (Wildman–Crippen MR) is 65.1 cm³/mol. The molecule has 0 saturated carbocycles. The molecule has 0 aromatic carbocycles. The third-order valence-corrected chi connectivity index (χ3v) is 4.31. The van der Waals surface area contributed by atoms with E-state index >= 15 is 0 Å². The number of aromatic nitrogens is 1. The number of nitrogen functional groups attached to an aromatic ring is 1. The van der Waals surface area contributed by atoms with Crippen molar-refractivity contribution in [1.29, 1.82) is 0 Å². The summed E-state index contributed by atoms with van der Waals surface area (Å²) in [7, 11) is -3.14. The van der Waals surface area contributed by atoms with E-state index in [1.165, 1.54) is 17.4 Å². The smallest absolute Gasteiger partial charge is 0.226 e. The van der Waals surface area contributed by atoms with E-state index in [1.807, 2.05) is 0 Å². The molecule has 6 nitrogen and oxygen atoms in total. The Bertz CT molecular complexity index is 562.